The van der Waals surface area contributed by atoms with Gasteiger partial charge in [-0.25, -0.2) is 4.39 Å². The molecule has 0 amide bonds. The Kier molecular flexibility index (Phi) is 2.91. The van der Waals surface area contributed by atoms with E-state index in [1.54, 1.807) is 0 Å². The molecule has 0 aromatic heterocycles. The topological polar surface area (TPSA) is 55.2 Å². The lowest BCUT2D eigenvalue weighted by Crippen LogP contribution is -2.51. The van der Waals surface area contributed by atoms with Crippen LogP contribution in [0.1, 0.15) is 32.1 Å². The van der Waals surface area contributed by atoms with Gasteiger partial charge in [0.25, 0.3) is 5.69 Å². The maximum absolute atomic E-state index is 13.6. The number of nitrogens with zero attached hydrogens (tertiary/aromatic N) is 1. The average Bonchev–Trinajstić information content (AvgIpc) is 2.41. The predicted octanol–water partition coefficient (Wildman–Crippen LogP) is 3.97. The molecule has 1 aromatic carbocycles. The van der Waals surface area contributed by atoms with Crippen molar-refractivity contribution >= 4 is 11.4 Å². The van der Waals surface area contributed by atoms with Gasteiger partial charge < -0.3 is 5.32 Å². The van der Waals surface area contributed by atoms with Crippen LogP contribution in [0.25, 0.3) is 0 Å². The van der Waals surface area contributed by atoms with Crippen molar-refractivity contribution in [3.05, 3.63) is 34.1 Å². The van der Waals surface area contributed by atoms with Crippen LogP contribution in [0.2, 0.25) is 0 Å². The number of hydrogen-bond acceptors (Lipinski definition) is 3. The van der Waals surface area contributed by atoms with Crippen LogP contribution in [0.4, 0.5) is 15.8 Å². The van der Waals surface area contributed by atoms with E-state index in [0.29, 0.717) is 23.6 Å². The van der Waals surface area contributed by atoms with Gasteiger partial charge in [0.05, 0.1) is 11.0 Å². The molecule has 4 fully saturated rings. The fourth-order valence-corrected chi connectivity index (χ4v) is 5.12. The molecule has 0 spiro atoms. The van der Waals surface area contributed by atoms with Gasteiger partial charge in [-0.1, -0.05) is 0 Å². The number of halogens is 1. The number of nitro benzene ring substituents is 1. The molecule has 4 bridgehead atoms. The lowest BCUT2D eigenvalue weighted by Gasteiger charge is -2.54. The van der Waals surface area contributed by atoms with E-state index in [4.69, 9.17) is 0 Å². The maximum Gasteiger partial charge on any atom is 0.274 e. The molecule has 0 unspecified atom stereocenters. The summed E-state index contributed by atoms with van der Waals surface area (Å²) < 4.78 is 13.6. The molecule has 4 aliphatic rings. The molecule has 4 nitrogen and oxygen atoms in total. The summed E-state index contributed by atoms with van der Waals surface area (Å²) in [5.41, 5.74) is 0.375. The first-order valence-corrected chi connectivity index (χ1v) is 7.80. The van der Waals surface area contributed by atoms with E-state index in [2.05, 4.69) is 5.32 Å². The highest BCUT2D eigenvalue weighted by molar-refractivity contribution is 5.52. The highest BCUT2D eigenvalue weighted by Crippen LogP contribution is 2.54. The fraction of sp³-hybridized carbons (Fsp3) is 0.625. The summed E-state index contributed by atoms with van der Waals surface area (Å²) in [6.45, 7) is 0. The van der Waals surface area contributed by atoms with Gasteiger partial charge in [0, 0.05) is 17.8 Å². The van der Waals surface area contributed by atoms with E-state index in [1.165, 1.54) is 44.2 Å². The number of rotatable bonds is 3. The van der Waals surface area contributed by atoms with Crippen LogP contribution in [-0.2, 0) is 0 Å². The first-order valence-electron chi connectivity index (χ1n) is 7.80. The normalized spacial score (nSPS) is 36.7. The van der Waals surface area contributed by atoms with Crippen molar-refractivity contribution < 1.29 is 9.31 Å². The van der Waals surface area contributed by atoms with E-state index in [1.807, 2.05) is 0 Å². The first kappa shape index (κ1) is 13.0. The Labute approximate surface area is 122 Å². The third-order valence-corrected chi connectivity index (χ3v) is 5.65. The Bertz CT molecular complexity index is 562. The van der Waals surface area contributed by atoms with E-state index in [0.717, 1.165) is 17.9 Å². The molecular formula is C16H19FN2O2. The van der Waals surface area contributed by atoms with Crippen LogP contribution in [0.3, 0.4) is 0 Å². The largest absolute Gasteiger partial charge is 0.381 e. The summed E-state index contributed by atoms with van der Waals surface area (Å²) in [6, 6.07) is 4.16. The highest BCUT2D eigenvalue weighted by Gasteiger charge is 2.48. The molecule has 21 heavy (non-hydrogen) atoms. The average molecular weight is 290 g/mol. The molecule has 5 heteroatoms. The molecule has 1 aromatic rings. The zero-order valence-electron chi connectivity index (χ0n) is 11.8. The molecular weight excluding hydrogens is 271 g/mol. The Morgan fingerprint density at radius 1 is 1.05 bits per heavy atom. The zero-order chi connectivity index (χ0) is 14.6. The predicted molar refractivity (Wildman–Crippen MR) is 77.5 cm³/mol. The third-order valence-electron chi connectivity index (χ3n) is 5.65. The number of anilines is 1. The van der Waals surface area contributed by atoms with Gasteiger partial charge in [-0.05, 0) is 61.8 Å². The van der Waals surface area contributed by atoms with Crippen LogP contribution in [0.5, 0.6) is 0 Å². The summed E-state index contributed by atoms with van der Waals surface area (Å²) >= 11 is 0. The van der Waals surface area contributed by atoms with Crippen molar-refractivity contribution in [2.45, 2.75) is 38.1 Å². The standard InChI is InChI=1S/C16H19FN2O2/c17-13-6-14(8-15(7-13)19(20)21)18-16-11-2-9-1-10(4-11)5-12(16)3-9/h6-12,16,18H,1-5H2. The summed E-state index contributed by atoms with van der Waals surface area (Å²) in [7, 11) is 0. The molecule has 0 aliphatic heterocycles. The Morgan fingerprint density at radius 2 is 1.67 bits per heavy atom. The minimum atomic E-state index is -0.546. The smallest absolute Gasteiger partial charge is 0.274 e. The van der Waals surface area contributed by atoms with Crippen molar-refractivity contribution in [3.8, 4) is 0 Å². The summed E-state index contributed by atoms with van der Waals surface area (Å²) in [5.74, 6) is 2.53. The summed E-state index contributed by atoms with van der Waals surface area (Å²) in [6.07, 6.45) is 6.46. The van der Waals surface area contributed by atoms with Gasteiger partial charge in [-0.2, -0.15) is 0 Å². The van der Waals surface area contributed by atoms with Crippen LogP contribution < -0.4 is 5.32 Å². The number of nitro groups is 1. The Morgan fingerprint density at radius 3 is 2.24 bits per heavy atom. The second-order valence-corrected chi connectivity index (χ2v) is 7.06. The maximum atomic E-state index is 13.6. The van der Waals surface area contributed by atoms with Crippen molar-refractivity contribution in [2.75, 3.05) is 5.32 Å². The van der Waals surface area contributed by atoms with Crippen molar-refractivity contribution in [1.82, 2.24) is 0 Å². The van der Waals surface area contributed by atoms with Crippen LogP contribution >= 0.6 is 0 Å². The molecule has 0 heterocycles. The fourth-order valence-electron chi connectivity index (χ4n) is 5.12. The number of nitrogens with one attached hydrogen (secondary N) is 1. The SMILES string of the molecule is O=[N+]([O-])c1cc(F)cc(NC2C3CC4CC(C3)CC2C4)c1. The summed E-state index contributed by atoms with van der Waals surface area (Å²) in [4.78, 5) is 10.3. The number of benzene rings is 1. The quantitative estimate of drug-likeness (QED) is 0.677. The van der Waals surface area contributed by atoms with Gasteiger partial charge in [0.15, 0.2) is 0 Å². The van der Waals surface area contributed by atoms with E-state index >= 15 is 0 Å². The van der Waals surface area contributed by atoms with Crippen molar-refractivity contribution in [1.29, 1.82) is 0 Å². The molecule has 1 N–H and O–H groups in total. The second-order valence-electron chi connectivity index (χ2n) is 7.06. The molecule has 4 aliphatic carbocycles. The molecule has 0 radical (unpaired) electrons. The third kappa shape index (κ3) is 2.28. The van der Waals surface area contributed by atoms with Gasteiger partial charge >= 0.3 is 0 Å². The summed E-state index contributed by atoms with van der Waals surface area (Å²) in [5, 5.41) is 14.3. The van der Waals surface area contributed by atoms with Crippen LogP contribution in [0.15, 0.2) is 18.2 Å². The minimum Gasteiger partial charge on any atom is -0.381 e. The zero-order valence-corrected chi connectivity index (χ0v) is 11.8. The van der Waals surface area contributed by atoms with E-state index < -0.39 is 10.7 Å². The molecule has 4 saturated carbocycles. The minimum absolute atomic E-state index is 0.179. The van der Waals surface area contributed by atoms with Gasteiger partial charge in [0.1, 0.15) is 5.82 Å². The molecule has 0 saturated heterocycles. The Balaban J connectivity index is 1.57. The van der Waals surface area contributed by atoms with E-state index in [9.17, 15) is 14.5 Å². The van der Waals surface area contributed by atoms with Crippen molar-refractivity contribution in [2.24, 2.45) is 23.7 Å². The molecule has 112 valence electrons. The lowest BCUT2D eigenvalue weighted by molar-refractivity contribution is -0.385. The Hall–Kier alpha value is -1.65. The molecule has 5 rings (SSSR count). The number of hydrogen-bond donors (Lipinski definition) is 1. The van der Waals surface area contributed by atoms with Gasteiger partial charge in [0.2, 0.25) is 0 Å². The van der Waals surface area contributed by atoms with E-state index in [-0.39, 0.29) is 5.69 Å². The van der Waals surface area contributed by atoms with Crippen molar-refractivity contribution in [3.63, 3.8) is 0 Å². The van der Waals surface area contributed by atoms with Crippen LogP contribution in [0, 0.1) is 39.6 Å². The lowest BCUT2D eigenvalue weighted by atomic mass is 9.54. The monoisotopic (exact) mass is 290 g/mol. The van der Waals surface area contributed by atoms with Gasteiger partial charge in [-0.3, -0.25) is 10.1 Å². The first-order chi connectivity index (χ1) is 10.1. The molecule has 0 atom stereocenters. The van der Waals surface area contributed by atoms with Gasteiger partial charge in [-0.15, -0.1) is 0 Å². The number of non-ortho nitro benzene ring substituents is 1. The second kappa shape index (κ2) is 4.68. The van der Waals surface area contributed by atoms with Crippen LogP contribution in [-0.4, -0.2) is 11.0 Å². The highest BCUT2D eigenvalue weighted by atomic mass is 19.1.